The van der Waals surface area contributed by atoms with Crippen molar-refractivity contribution in [3.63, 3.8) is 0 Å². The Hall–Kier alpha value is -0.970. The van der Waals surface area contributed by atoms with Crippen LogP contribution in [0, 0.1) is 11.6 Å². The lowest BCUT2D eigenvalue weighted by atomic mass is 10.2. The lowest BCUT2D eigenvalue weighted by Crippen LogP contribution is -2.41. The van der Waals surface area contributed by atoms with Gasteiger partial charge in [0.1, 0.15) is 0 Å². The van der Waals surface area contributed by atoms with Crippen LogP contribution in [0.25, 0.3) is 0 Å². The fraction of sp³-hybridized carbons (Fsp3) is 0.455. The molecule has 2 rings (SSSR count). The molecule has 1 saturated heterocycles. The van der Waals surface area contributed by atoms with Crippen molar-refractivity contribution in [1.29, 1.82) is 0 Å². The molecular formula is C11H14F2N2S. The van der Waals surface area contributed by atoms with E-state index in [-0.39, 0.29) is 11.7 Å². The number of thioether (sulfide) groups is 1. The van der Waals surface area contributed by atoms with Crippen LogP contribution < -0.4 is 10.6 Å². The topological polar surface area (TPSA) is 29.3 Å². The average molecular weight is 244 g/mol. The highest BCUT2D eigenvalue weighted by Gasteiger charge is 2.25. The van der Waals surface area contributed by atoms with Gasteiger partial charge in [-0.2, -0.15) is 11.8 Å². The van der Waals surface area contributed by atoms with Crippen molar-refractivity contribution in [3.8, 4) is 0 Å². The van der Waals surface area contributed by atoms with Crippen LogP contribution in [0.4, 0.5) is 20.2 Å². The van der Waals surface area contributed by atoms with Crippen LogP contribution in [0.2, 0.25) is 0 Å². The van der Waals surface area contributed by atoms with Crippen LogP contribution in [0.15, 0.2) is 12.1 Å². The zero-order chi connectivity index (χ0) is 11.7. The molecule has 0 spiro atoms. The van der Waals surface area contributed by atoms with Crippen molar-refractivity contribution in [2.24, 2.45) is 0 Å². The number of nitrogens with two attached hydrogens (primary N) is 1. The first-order valence-corrected chi connectivity index (χ1v) is 6.34. The molecule has 2 N–H and O–H groups in total. The van der Waals surface area contributed by atoms with E-state index in [2.05, 4.69) is 0 Å². The Bertz CT molecular complexity index is 398. The van der Waals surface area contributed by atoms with Crippen molar-refractivity contribution < 1.29 is 8.78 Å². The summed E-state index contributed by atoms with van der Waals surface area (Å²) >= 11 is 1.82. The predicted octanol–water partition coefficient (Wildman–Crippen LogP) is 2.49. The number of nitrogen functional groups attached to an aromatic ring is 1. The second kappa shape index (κ2) is 4.49. The predicted molar refractivity (Wildman–Crippen MR) is 64.9 cm³/mol. The summed E-state index contributed by atoms with van der Waals surface area (Å²) in [5, 5.41) is 0. The maximum Gasteiger partial charge on any atom is 0.184 e. The van der Waals surface area contributed by atoms with Gasteiger partial charge in [0.05, 0.1) is 11.4 Å². The van der Waals surface area contributed by atoms with Gasteiger partial charge in [-0.25, -0.2) is 8.78 Å². The molecule has 1 aromatic carbocycles. The van der Waals surface area contributed by atoms with Crippen LogP contribution in [0.3, 0.4) is 0 Å². The van der Waals surface area contributed by atoms with E-state index < -0.39 is 11.6 Å². The fourth-order valence-electron chi connectivity index (χ4n) is 1.91. The van der Waals surface area contributed by atoms with Crippen LogP contribution in [-0.4, -0.2) is 24.1 Å². The molecule has 1 aliphatic rings. The first kappa shape index (κ1) is 11.5. The van der Waals surface area contributed by atoms with E-state index in [1.165, 1.54) is 6.07 Å². The molecule has 16 heavy (non-hydrogen) atoms. The molecule has 1 atom stereocenters. The second-order valence-corrected chi connectivity index (χ2v) is 5.07. The van der Waals surface area contributed by atoms with Crippen LogP contribution in [-0.2, 0) is 0 Å². The minimum atomic E-state index is -0.838. The monoisotopic (exact) mass is 244 g/mol. The summed E-state index contributed by atoms with van der Waals surface area (Å²) in [6, 6.07) is 2.66. The summed E-state index contributed by atoms with van der Waals surface area (Å²) in [7, 11) is 0. The molecule has 0 aromatic heterocycles. The Morgan fingerprint density at radius 1 is 1.44 bits per heavy atom. The molecule has 5 heteroatoms. The van der Waals surface area contributed by atoms with Gasteiger partial charge in [0.15, 0.2) is 11.6 Å². The van der Waals surface area contributed by atoms with Gasteiger partial charge in [0, 0.05) is 24.1 Å². The van der Waals surface area contributed by atoms with Gasteiger partial charge < -0.3 is 10.6 Å². The van der Waals surface area contributed by atoms with Gasteiger partial charge in [0.2, 0.25) is 0 Å². The smallest absolute Gasteiger partial charge is 0.184 e. The Morgan fingerprint density at radius 3 is 2.88 bits per heavy atom. The lowest BCUT2D eigenvalue weighted by Gasteiger charge is -2.35. The summed E-state index contributed by atoms with van der Waals surface area (Å²) in [6.07, 6.45) is 0. The molecule has 0 amide bonds. The molecule has 1 aliphatic heterocycles. The number of anilines is 2. The molecule has 88 valence electrons. The molecule has 0 bridgehead atoms. The standard InChI is InChI=1S/C11H14F2N2S/c1-7-6-16-5-4-15(7)11-9(14)3-2-8(12)10(11)13/h2-3,7H,4-6,14H2,1H3. The third kappa shape index (κ3) is 1.96. The van der Waals surface area contributed by atoms with Gasteiger partial charge in [-0.3, -0.25) is 0 Å². The van der Waals surface area contributed by atoms with Gasteiger partial charge in [-0.1, -0.05) is 0 Å². The molecule has 2 nitrogen and oxygen atoms in total. The second-order valence-electron chi connectivity index (χ2n) is 3.92. The number of benzene rings is 1. The first-order valence-electron chi connectivity index (χ1n) is 5.19. The van der Waals surface area contributed by atoms with E-state index >= 15 is 0 Å². The number of rotatable bonds is 1. The molecule has 1 unspecified atom stereocenters. The minimum absolute atomic E-state index is 0.178. The average Bonchev–Trinajstić information content (AvgIpc) is 2.27. The first-order chi connectivity index (χ1) is 7.61. The van der Waals surface area contributed by atoms with Crippen molar-refractivity contribution in [3.05, 3.63) is 23.8 Å². The normalized spacial score (nSPS) is 21.2. The molecule has 0 saturated carbocycles. The summed E-state index contributed by atoms with van der Waals surface area (Å²) in [6.45, 7) is 2.70. The highest BCUT2D eigenvalue weighted by molar-refractivity contribution is 7.99. The maximum atomic E-state index is 13.7. The van der Waals surface area contributed by atoms with E-state index in [0.29, 0.717) is 12.2 Å². The Balaban J connectivity index is 2.42. The number of hydrogen-bond donors (Lipinski definition) is 1. The van der Waals surface area contributed by atoms with E-state index in [9.17, 15) is 8.78 Å². The van der Waals surface area contributed by atoms with Crippen LogP contribution in [0.1, 0.15) is 6.92 Å². The molecule has 1 aromatic rings. The fourth-order valence-corrected chi connectivity index (χ4v) is 2.92. The Labute approximate surface area is 97.8 Å². The van der Waals surface area contributed by atoms with Crippen molar-refractivity contribution >= 4 is 23.1 Å². The third-order valence-corrected chi connectivity index (χ3v) is 3.94. The molecule has 0 aliphatic carbocycles. The Kier molecular flexibility index (Phi) is 3.23. The number of halogens is 2. The lowest BCUT2D eigenvalue weighted by molar-refractivity contribution is 0.503. The summed E-state index contributed by atoms with van der Waals surface area (Å²) < 4.78 is 26.9. The van der Waals surface area contributed by atoms with Crippen molar-refractivity contribution in [2.45, 2.75) is 13.0 Å². The quantitative estimate of drug-likeness (QED) is 0.770. The largest absolute Gasteiger partial charge is 0.397 e. The van der Waals surface area contributed by atoms with Gasteiger partial charge in [-0.15, -0.1) is 0 Å². The summed E-state index contributed by atoms with van der Waals surface area (Å²) in [4.78, 5) is 1.85. The number of nitrogens with zero attached hydrogens (tertiary/aromatic N) is 1. The molecular weight excluding hydrogens is 230 g/mol. The SMILES string of the molecule is CC1CSCCN1c1c(N)ccc(F)c1F. The minimum Gasteiger partial charge on any atom is -0.397 e. The van der Waals surface area contributed by atoms with Crippen LogP contribution in [0.5, 0.6) is 0 Å². The van der Waals surface area contributed by atoms with Gasteiger partial charge in [-0.05, 0) is 19.1 Å². The molecule has 1 fully saturated rings. The van der Waals surface area contributed by atoms with E-state index in [0.717, 1.165) is 17.6 Å². The maximum absolute atomic E-state index is 13.7. The summed E-state index contributed by atoms with van der Waals surface area (Å²) in [5.74, 6) is 0.156. The zero-order valence-corrected chi connectivity index (χ0v) is 9.86. The molecule has 0 radical (unpaired) electrons. The van der Waals surface area contributed by atoms with Crippen molar-refractivity contribution in [2.75, 3.05) is 28.7 Å². The zero-order valence-electron chi connectivity index (χ0n) is 9.04. The third-order valence-electron chi connectivity index (χ3n) is 2.76. The highest BCUT2D eigenvalue weighted by atomic mass is 32.2. The molecule has 1 heterocycles. The van der Waals surface area contributed by atoms with Crippen LogP contribution >= 0.6 is 11.8 Å². The van der Waals surface area contributed by atoms with Gasteiger partial charge in [0.25, 0.3) is 0 Å². The van der Waals surface area contributed by atoms with Gasteiger partial charge >= 0.3 is 0 Å². The Morgan fingerprint density at radius 2 is 2.19 bits per heavy atom. The summed E-state index contributed by atoms with van der Waals surface area (Å²) in [5.41, 5.74) is 6.25. The highest BCUT2D eigenvalue weighted by Crippen LogP contribution is 2.32. The van der Waals surface area contributed by atoms with Crippen molar-refractivity contribution in [1.82, 2.24) is 0 Å². The van der Waals surface area contributed by atoms with E-state index in [4.69, 9.17) is 5.73 Å². The van der Waals surface area contributed by atoms with E-state index in [1.807, 2.05) is 23.6 Å². The van der Waals surface area contributed by atoms with E-state index in [1.54, 1.807) is 0 Å². The number of hydrogen-bond acceptors (Lipinski definition) is 3.